The quantitative estimate of drug-likeness (QED) is 0.322. The Morgan fingerprint density at radius 3 is 2.14 bits per heavy atom. The number of carbonyl (C=O) groups is 4. The third-order valence-corrected chi connectivity index (χ3v) is 8.72. The SMILES string of the molecule is CN(Cc1ccccc1)C(=O)c1cccc(NC(=O)Cc2ccc(NC(=O)C3CCN(C(=O)C4CCCCC4)CC3)cc2)c1. The van der Waals surface area contributed by atoms with E-state index >= 15 is 0 Å². The molecule has 5 rings (SSSR count). The molecule has 0 radical (unpaired) electrons. The molecular weight excluding hydrogens is 552 g/mol. The number of hydrogen-bond donors (Lipinski definition) is 2. The number of hydrogen-bond acceptors (Lipinski definition) is 4. The van der Waals surface area contributed by atoms with Crippen LogP contribution in [0, 0.1) is 11.8 Å². The summed E-state index contributed by atoms with van der Waals surface area (Å²) in [7, 11) is 1.76. The predicted octanol–water partition coefficient (Wildman–Crippen LogP) is 5.90. The maximum atomic E-state index is 13.0. The number of anilines is 2. The zero-order valence-corrected chi connectivity index (χ0v) is 25.5. The van der Waals surface area contributed by atoms with Gasteiger partial charge in [0, 0.05) is 55.5 Å². The first kappa shape index (κ1) is 31.0. The van der Waals surface area contributed by atoms with Crippen molar-refractivity contribution in [2.24, 2.45) is 11.8 Å². The van der Waals surface area contributed by atoms with Crippen molar-refractivity contribution >= 4 is 35.0 Å². The van der Waals surface area contributed by atoms with Crippen molar-refractivity contribution in [1.82, 2.24) is 9.80 Å². The maximum absolute atomic E-state index is 13.0. The fourth-order valence-electron chi connectivity index (χ4n) is 6.19. The highest BCUT2D eigenvalue weighted by atomic mass is 16.2. The second kappa shape index (κ2) is 14.8. The first-order chi connectivity index (χ1) is 21.4. The zero-order valence-electron chi connectivity index (χ0n) is 25.5. The molecule has 0 bridgehead atoms. The molecule has 1 aliphatic carbocycles. The largest absolute Gasteiger partial charge is 0.342 e. The molecule has 1 aliphatic heterocycles. The van der Waals surface area contributed by atoms with Gasteiger partial charge in [-0.3, -0.25) is 19.2 Å². The average molecular weight is 595 g/mol. The van der Waals surface area contributed by atoms with Gasteiger partial charge in [-0.15, -0.1) is 0 Å². The lowest BCUT2D eigenvalue weighted by molar-refractivity contribution is -0.139. The Balaban J connectivity index is 1.07. The van der Waals surface area contributed by atoms with Crippen LogP contribution in [0.15, 0.2) is 78.9 Å². The number of rotatable bonds is 9. The molecule has 1 saturated heterocycles. The zero-order chi connectivity index (χ0) is 30.9. The number of nitrogens with one attached hydrogen (secondary N) is 2. The van der Waals surface area contributed by atoms with E-state index in [0.29, 0.717) is 49.4 Å². The molecule has 1 saturated carbocycles. The summed E-state index contributed by atoms with van der Waals surface area (Å²) in [5, 5.41) is 5.89. The Morgan fingerprint density at radius 2 is 1.43 bits per heavy atom. The highest BCUT2D eigenvalue weighted by Gasteiger charge is 2.31. The normalized spacial score (nSPS) is 15.8. The molecule has 0 spiro atoms. The molecule has 4 amide bonds. The van der Waals surface area contributed by atoms with Crippen LogP contribution in [0.1, 0.15) is 66.4 Å². The van der Waals surface area contributed by atoms with Crippen LogP contribution < -0.4 is 10.6 Å². The van der Waals surface area contributed by atoms with E-state index in [4.69, 9.17) is 0 Å². The Hall–Kier alpha value is -4.46. The Kier molecular flexibility index (Phi) is 10.4. The van der Waals surface area contributed by atoms with Crippen LogP contribution in [-0.4, -0.2) is 53.6 Å². The van der Waals surface area contributed by atoms with Crippen LogP contribution in [0.25, 0.3) is 0 Å². The summed E-state index contributed by atoms with van der Waals surface area (Å²) >= 11 is 0. The van der Waals surface area contributed by atoms with Gasteiger partial charge in [0.25, 0.3) is 5.91 Å². The molecule has 3 aromatic carbocycles. The van der Waals surface area contributed by atoms with Gasteiger partial charge in [0.15, 0.2) is 0 Å². The van der Waals surface area contributed by atoms with Crippen molar-refractivity contribution in [3.63, 3.8) is 0 Å². The smallest absolute Gasteiger partial charge is 0.253 e. The molecule has 0 unspecified atom stereocenters. The van der Waals surface area contributed by atoms with Gasteiger partial charge in [0.1, 0.15) is 0 Å². The van der Waals surface area contributed by atoms with E-state index in [1.54, 1.807) is 36.2 Å². The second-order valence-electron chi connectivity index (χ2n) is 12.1. The third-order valence-electron chi connectivity index (χ3n) is 8.72. The highest BCUT2D eigenvalue weighted by molar-refractivity contribution is 5.97. The molecule has 1 heterocycles. The number of likely N-dealkylation sites (tertiary alicyclic amines) is 1. The highest BCUT2D eigenvalue weighted by Crippen LogP contribution is 2.28. The third kappa shape index (κ3) is 8.34. The molecule has 3 aromatic rings. The Morgan fingerprint density at radius 1 is 0.727 bits per heavy atom. The summed E-state index contributed by atoms with van der Waals surface area (Å²) in [5.41, 5.74) is 3.60. The molecule has 2 fully saturated rings. The van der Waals surface area contributed by atoms with Crippen LogP contribution in [0.5, 0.6) is 0 Å². The van der Waals surface area contributed by atoms with Crippen molar-refractivity contribution in [1.29, 1.82) is 0 Å². The molecule has 2 N–H and O–H groups in total. The lowest BCUT2D eigenvalue weighted by atomic mass is 9.87. The van der Waals surface area contributed by atoms with Crippen LogP contribution in [0.3, 0.4) is 0 Å². The van der Waals surface area contributed by atoms with E-state index in [1.807, 2.05) is 59.5 Å². The van der Waals surface area contributed by atoms with Crippen LogP contribution in [0.2, 0.25) is 0 Å². The summed E-state index contributed by atoms with van der Waals surface area (Å²) in [6.07, 6.45) is 7.03. The molecule has 8 heteroatoms. The van der Waals surface area contributed by atoms with E-state index < -0.39 is 0 Å². The lowest BCUT2D eigenvalue weighted by Crippen LogP contribution is -2.44. The van der Waals surface area contributed by atoms with E-state index in [1.165, 1.54) is 6.42 Å². The Labute approximate surface area is 259 Å². The molecule has 44 heavy (non-hydrogen) atoms. The molecule has 2 aliphatic rings. The van der Waals surface area contributed by atoms with Crippen molar-refractivity contribution in [3.8, 4) is 0 Å². The summed E-state index contributed by atoms with van der Waals surface area (Å²) in [6.45, 7) is 1.78. The molecule has 230 valence electrons. The lowest BCUT2D eigenvalue weighted by Gasteiger charge is -2.34. The minimum Gasteiger partial charge on any atom is -0.342 e. The number of nitrogens with zero attached hydrogens (tertiary/aromatic N) is 2. The minimum atomic E-state index is -0.196. The molecule has 8 nitrogen and oxygen atoms in total. The monoisotopic (exact) mass is 594 g/mol. The van der Waals surface area contributed by atoms with Gasteiger partial charge in [-0.1, -0.05) is 67.8 Å². The molecule has 0 atom stereocenters. The summed E-state index contributed by atoms with van der Waals surface area (Å²) in [4.78, 5) is 55.1. The summed E-state index contributed by atoms with van der Waals surface area (Å²) in [5.74, 6) is -0.0162. The summed E-state index contributed by atoms with van der Waals surface area (Å²) in [6, 6.07) is 24.0. The van der Waals surface area contributed by atoms with Crippen LogP contribution in [0.4, 0.5) is 11.4 Å². The van der Waals surface area contributed by atoms with E-state index in [2.05, 4.69) is 10.6 Å². The first-order valence-electron chi connectivity index (χ1n) is 15.7. The fourth-order valence-corrected chi connectivity index (χ4v) is 6.19. The number of amides is 4. The van der Waals surface area contributed by atoms with Crippen molar-refractivity contribution in [3.05, 3.63) is 95.6 Å². The van der Waals surface area contributed by atoms with E-state index in [-0.39, 0.29) is 41.9 Å². The molecule has 0 aromatic heterocycles. The van der Waals surface area contributed by atoms with Gasteiger partial charge in [0.2, 0.25) is 17.7 Å². The van der Waals surface area contributed by atoms with Crippen LogP contribution in [-0.2, 0) is 27.3 Å². The van der Waals surface area contributed by atoms with Gasteiger partial charge in [0.05, 0.1) is 6.42 Å². The van der Waals surface area contributed by atoms with Gasteiger partial charge < -0.3 is 20.4 Å². The average Bonchev–Trinajstić information content (AvgIpc) is 3.06. The maximum Gasteiger partial charge on any atom is 0.253 e. The van der Waals surface area contributed by atoms with E-state index in [0.717, 1.165) is 36.8 Å². The van der Waals surface area contributed by atoms with Crippen LogP contribution >= 0.6 is 0 Å². The molecular formula is C36H42N4O4. The van der Waals surface area contributed by atoms with E-state index in [9.17, 15) is 19.2 Å². The number of carbonyl (C=O) groups excluding carboxylic acids is 4. The fraction of sp³-hybridized carbons (Fsp3) is 0.389. The predicted molar refractivity (Wildman–Crippen MR) is 172 cm³/mol. The topological polar surface area (TPSA) is 98.8 Å². The van der Waals surface area contributed by atoms with Gasteiger partial charge >= 0.3 is 0 Å². The number of benzene rings is 3. The van der Waals surface area contributed by atoms with Gasteiger partial charge in [-0.25, -0.2) is 0 Å². The minimum absolute atomic E-state index is 0.0240. The van der Waals surface area contributed by atoms with Crippen molar-refractivity contribution in [2.45, 2.75) is 57.9 Å². The summed E-state index contributed by atoms with van der Waals surface area (Å²) < 4.78 is 0. The Bertz CT molecular complexity index is 1440. The standard InChI is InChI=1S/C36H42N4O4/c1-39(25-27-9-4-2-5-10-27)35(43)30-13-8-14-32(24-30)37-33(41)23-26-15-17-31(18-16-26)38-34(42)28-19-21-40(22-20-28)36(44)29-11-6-3-7-12-29/h2,4-5,8-10,13-18,24,28-29H,3,6-7,11-12,19-23,25H2,1H3,(H,37,41)(H,38,42). The van der Waals surface area contributed by atoms with Gasteiger partial charge in [-0.2, -0.15) is 0 Å². The number of piperidine rings is 1. The van der Waals surface area contributed by atoms with Crippen molar-refractivity contribution in [2.75, 3.05) is 30.8 Å². The first-order valence-corrected chi connectivity index (χ1v) is 15.7. The van der Waals surface area contributed by atoms with Crippen molar-refractivity contribution < 1.29 is 19.2 Å². The second-order valence-corrected chi connectivity index (χ2v) is 12.1. The van der Waals surface area contributed by atoms with Gasteiger partial charge in [-0.05, 0) is 67.1 Å².